The molecule has 0 saturated heterocycles. The molecule has 1 atom stereocenters. The Morgan fingerprint density at radius 1 is 1.05 bits per heavy atom. The molecule has 2 nitrogen and oxygen atoms in total. The predicted octanol–water partition coefficient (Wildman–Crippen LogP) is 3.28. The van der Waals surface area contributed by atoms with Crippen molar-refractivity contribution in [1.29, 1.82) is 0 Å². The van der Waals surface area contributed by atoms with Crippen molar-refractivity contribution in [2.45, 2.75) is 6.04 Å². The Kier molecular flexibility index (Phi) is 4.12. The number of methoxy groups -OCH3 is 1. The van der Waals surface area contributed by atoms with Crippen LogP contribution in [0.2, 0.25) is 0 Å². The van der Waals surface area contributed by atoms with Crippen molar-refractivity contribution in [1.82, 2.24) is 5.32 Å². The van der Waals surface area contributed by atoms with E-state index < -0.39 is 11.6 Å². The minimum Gasteiger partial charge on any atom is -0.497 e. The topological polar surface area (TPSA) is 21.3 Å². The van der Waals surface area contributed by atoms with Crippen LogP contribution in [0.25, 0.3) is 0 Å². The maximum Gasteiger partial charge on any atom is 0.131 e. The molecule has 0 aliphatic rings. The van der Waals surface area contributed by atoms with Gasteiger partial charge in [-0.05, 0) is 30.8 Å². The zero-order valence-corrected chi connectivity index (χ0v) is 10.8. The average Bonchev–Trinajstić information content (AvgIpc) is 2.42. The Bertz CT molecular complexity index is 555. The molecule has 4 heteroatoms. The Balaban J connectivity index is 2.37. The first-order chi connectivity index (χ1) is 9.15. The van der Waals surface area contributed by atoms with Crippen LogP contribution >= 0.6 is 0 Å². The molecule has 0 amide bonds. The van der Waals surface area contributed by atoms with Gasteiger partial charge in [0.2, 0.25) is 0 Å². The van der Waals surface area contributed by atoms with E-state index in [4.69, 9.17) is 4.74 Å². The second kappa shape index (κ2) is 5.80. The van der Waals surface area contributed by atoms with Gasteiger partial charge < -0.3 is 10.1 Å². The molecule has 0 fully saturated rings. The van der Waals surface area contributed by atoms with E-state index in [1.807, 2.05) is 12.1 Å². The first kappa shape index (κ1) is 13.5. The summed E-state index contributed by atoms with van der Waals surface area (Å²) in [5.74, 6) is -0.404. The van der Waals surface area contributed by atoms with Crippen LogP contribution < -0.4 is 10.1 Å². The standard InChI is InChI=1S/C15H15F2NO/c1-18-15(10-3-6-12(19-2)7-4-10)13-8-5-11(16)9-14(13)17/h3-9,15,18H,1-2H3. The third-order valence-corrected chi connectivity index (χ3v) is 3.01. The molecule has 2 rings (SSSR count). The minimum absolute atomic E-state index is 0.327. The number of halogens is 2. The Morgan fingerprint density at radius 2 is 1.74 bits per heavy atom. The van der Waals surface area contributed by atoms with Crippen molar-refractivity contribution < 1.29 is 13.5 Å². The Morgan fingerprint density at radius 3 is 2.26 bits per heavy atom. The molecule has 0 saturated carbocycles. The molecule has 100 valence electrons. The summed E-state index contributed by atoms with van der Waals surface area (Å²) < 4.78 is 31.8. The molecule has 0 spiro atoms. The molecule has 0 heterocycles. The van der Waals surface area contributed by atoms with E-state index in [0.717, 1.165) is 17.4 Å². The molecule has 0 aliphatic carbocycles. The number of hydrogen-bond acceptors (Lipinski definition) is 2. The monoisotopic (exact) mass is 263 g/mol. The highest BCUT2D eigenvalue weighted by atomic mass is 19.1. The van der Waals surface area contributed by atoms with E-state index in [1.54, 1.807) is 26.3 Å². The maximum absolute atomic E-state index is 13.8. The quantitative estimate of drug-likeness (QED) is 0.914. The van der Waals surface area contributed by atoms with Crippen LogP contribution in [0.15, 0.2) is 42.5 Å². The molecule has 0 aromatic heterocycles. The highest BCUT2D eigenvalue weighted by Gasteiger charge is 2.16. The fourth-order valence-electron chi connectivity index (χ4n) is 2.03. The lowest BCUT2D eigenvalue weighted by Gasteiger charge is -2.18. The summed E-state index contributed by atoms with van der Waals surface area (Å²) in [6.45, 7) is 0. The van der Waals surface area contributed by atoms with Crippen LogP contribution in [-0.4, -0.2) is 14.2 Å². The second-order valence-corrected chi connectivity index (χ2v) is 4.16. The third-order valence-electron chi connectivity index (χ3n) is 3.01. The number of nitrogens with one attached hydrogen (secondary N) is 1. The van der Waals surface area contributed by atoms with Crippen molar-refractivity contribution in [3.05, 3.63) is 65.2 Å². The normalized spacial score (nSPS) is 12.2. The SMILES string of the molecule is CNC(c1ccc(OC)cc1)c1ccc(F)cc1F. The summed E-state index contributed by atoms with van der Waals surface area (Å²) in [6.07, 6.45) is 0. The highest BCUT2D eigenvalue weighted by molar-refractivity contribution is 5.36. The van der Waals surface area contributed by atoms with Gasteiger partial charge in [-0.2, -0.15) is 0 Å². The lowest BCUT2D eigenvalue weighted by atomic mass is 9.98. The summed E-state index contributed by atoms with van der Waals surface area (Å²) in [7, 11) is 3.32. The second-order valence-electron chi connectivity index (χ2n) is 4.16. The molecule has 0 radical (unpaired) electrons. The van der Waals surface area contributed by atoms with Gasteiger partial charge in [0.25, 0.3) is 0 Å². The molecule has 19 heavy (non-hydrogen) atoms. The van der Waals surface area contributed by atoms with Gasteiger partial charge >= 0.3 is 0 Å². The van der Waals surface area contributed by atoms with Gasteiger partial charge in [-0.15, -0.1) is 0 Å². The average molecular weight is 263 g/mol. The zero-order valence-electron chi connectivity index (χ0n) is 10.8. The lowest BCUT2D eigenvalue weighted by Crippen LogP contribution is -2.19. The van der Waals surface area contributed by atoms with Crippen LogP contribution in [0.3, 0.4) is 0 Å². The van der Waals surface area contributed by atoms with Gasteiger partial charge in [0.1, 0.15) is 17.4 Å². The fraction of sp³-hybridized carbons (Fsp3) is 0.200. The van der Waals surface area contributed by atoms with Gasteiger partial charge in [0.05, 0.1) is 13.2 Å². The molecule has 0 aliphatic heterocycles. The van der Waals surface area contributed by atoms with Crippen molar-refractivity contribution in [3.8, 4) is 5.75 Å². The number of hydrogen-bond donors (Lipinski definition) is 1. The summed E-state index contributed by atoms with van der Waals surface area (Å²) >= 11 is 0. The summed E-state index contributed by atoms with van der Waals surface area (Å²) in [5.41, 5.74) is 1.29. The summed E-state index contributed by atoms with van der Waals surface area (Å²) in [5, 5.41) is 3.03. The van der Waals surface area contributed by atoms with Crippen LogP contribution in [0.1, 0.15) is 17.2 Å². The van der Waals surface area contributed by atoms with Gasteiger partial charge in [0, 0.05) is 11.6 Å². The van der Waals surface area contributed by atoms with E-state index in [1.165, 1.54) is 12.1 Å². The maximum atomic E-state index is 13.8. The van der Waals surface area contributed by atoms with Crippen molar-refractivity contribution in [3.63, 3.8) is 0 Å². The Hall–Kier alpha value is -1.94. The molecule has 2 aromatic carbocycles. The van der Waals surface area contributed by atoms with Crippen LogP contribution in [0.5, 0.6) is 5.75 Å². The van der Waals surface area contributed by atoms with E-state index in [2.05, 4.69) is 5.32 Å². The van der Waals surface area contributed by atoms with Crippen molar-refractivity contribution in [2.24, 2.45) is 0 Å². The van der Waals surface area contributed by atoms with E-state index in [9.17, 15) is 8.78 Å². The zero-order chi connectivity index (χ0) is 13.8. The first-order valence-corrected chi connectivity index (χ1v) is 5.92. The molecule has 0 bridgehead atoms. The first-order valence-electron chi connectivity index (χ1n) is 5.92. The largest absolute Gasteiger partial charge is 0.497 e. The fourth-order valence-corrected chi connectivity index (χ4v) is 2.03. The predicted molar refractivity (Wildman–Crippen MR) is 70.3 cm³/mol. The molecule has 1 N–H and O–H groups in total. The Labute approximate surface area is 111 Å². The van der Waals surface area contributed by atoms with Gasteiger partial charge in [-0.3, -0.25) is 0 Å². The van der Waals surface area contributed by atoms with E-state index in [-0.39, 0.29) is 6.04 Å². The molecule has 1 unspecified atom stereocenters. The smallest absolute Gasteiger partial charge is 0.131 e. The van der Waals surface area contributed by atoms with Crippen molar-refractivity contribution >= 4 is 0 Å². The third kappa shape index (κ3) is 2.90. The van der Waals surface area contributed by atoms with E-state index >= 15 is 0 Å². The van der Waals surface area contributed by atoms with E-state index in [0.29, 0.717) is 5.56 Å². The molecule has 2 aromatic rings. The van der Waals surface area contributed by atoms with Crippen LogP contribution in [-0.2, 0) is 0 Å². The highest BCUT2D eigenvalue weighted by Crippen LogP contribution is 2.26. The summed E-state index contributed by atoms with van der Waals surface area (Å²) in [6, 6.07) is 10.6. The van der Waals surface area contributed by atoms with Crippen LogP contribution in [0, 0.1) is 11.6 Å². The van der Waals surface area contributed by atoms with Gasteiger partial charge in [-0.1, -0.05) is 18.2 Å². The number of rotatable bonds is 4. The molecular formula is C15H15F2NO. The number of benzene rings is 2. The minimum atomic E-state index is -0.578. The van der Waals surface area contributed by atoms with Gasteiger partial charge in [0.15, 0.2) is 0 Å². The van der Waals surface area contributed by atoms with Crippen molar-refractivity contribution in [2.75, 3.05) is 14.2 Å². The lowest BCUT2D eigenvalue weighted by molar-refractivity contribution is 0.414. The summed E-state index contributed by atoms with van der Waals surface area (Å²) in [4.78, 5) is 0. The molecular weight excluding hydrogens is 248 g/mol. The van der Waals surface area contributed by atoms with Gasteiger partial charge in [-0.25, -0.2) is 8.78 Å². The van der Waals surface area contributed by atoms with Crippen LogP contribution in [0.4, 0.5) is 8.78 Å². The number of ether oxygens (including phenoxy) is 1.